The molecule has 0 atom stereocenters. The van der Waals surface area contributed by atoms with Crippen LogP contribution in [-0.4, -0.2) is 19.7 Å². The Morgan fingerprint density at radius 2 is 1.56 bits per heavy atom. The summed E-state index contributed by atoms with van der Waals surface area (Å²) in [4.78, 5) is 0. The van der Waals surface area contributed by atoms with Gasteiger partial charge >= 0.3 is 109 Å². The van der Waals surface area contributed by atoms with Crippen LogP contribution < -0.4 is 0 Å². The maximum atomic E-state index is 12.2. The minimum absolute atomic E-state index is 0.715. The summed E-state index contributed by atoms with van der Waals surface area (Å²) in [6.45, 7) is 2.26. The van der Waals surface area contributed by atoms with Crippen molar-refractivity contribution in [2.45, 2.75) is 85.9 Å². The van der Waals surface area contributed by atoms with Crippen molar-refractivity contribution >= 4 is 19.7 Å². The van der Waals surface area contributed by atoms with Gasteiger partial charge in [-0.2, -0.15) is 0 Å². The zero-order valence-electron chi connectivity index (χ0n) is 11.0. The Bertz CT molecular complexity index is 185. The van der Waals surface area contributed by atoms with Crippen LogP contribution in [0.15, 0.2) is 0 Å². The number of hydrogen-bond donors (Lipinski definition) is 0. The molecule has 0 aromatic rings. The van der Waals surface area contributed by atoms with Gasteiger partial charge in [-0.3, -0.25) is 0 Å². The molecule has 0 aromatic heterocycles. The topological polar surface area (TPSA) is 17.1 Å². The van der Waals surface area contributed by atoms with Crippen LogP contribution in [0.3, 0.4) is 0 Å². The minimum atomic E-state index is -2.15. The molecular formula is C14H28OSn. The van der Waals surface area contributed by atoms with Crippen LogP contribution in [0.25, 0.3) is 0 Å². The van der Waals surface area contributed by atoms with Gasteiger partial charge in [0, 0.05) is 0 Å². The molecule has 1 aliphatic rings. The van der Waals surface area contributed by atoms with Gasteiger partial charge in [0.15, 0.2) is 0 Å². The monoisotopic (exact) mass is 332 g/mol. The Morgan fingerprint density at radius 1 is 0.938 bits per heavy atom. The van der Waals surface area contributed by atoms with Crippen molar-refractivity contribution in [1.82, 2.24) is 0 Å². The number of unbranched alkanes of at least 4 members (excludes halogenated alkanes) is 5. The second-order valence-electron chi connectivity index (χ2n) is 5.32. The Kier molecular flexibility index (Phi) is 8.81. The van der Waals surface area contributed by atoms with Gasteiger partial charge in [0.2, 0.25) is 0 Å². The van der Waals surface area contributed by atoms with Crippen molar-refractivity contribution in [3.63, 3.8) is 0 Å². The van der Waals surface area contributed by atoms with E-state index < -0.39 is 19.7 Å². The van der Waals surface area contributed by atoms with E-state index in [-0.39, 0.29) is 0 Å². The van der Waals surface area contributed by atoms with E-state index >= 15 is 0 Å². The second-order valence-corrected chi connectivity index (χ2v) is 11.7. The normalized spacial score (nSPS) is 17.6. The quantitative estimate of drug-likeness (QED) is 0.447. The predicted molar refractivity (Wildman–Crippen MR) is 71.5 cm³/mol. The first kappa shape index (κ1) is 14.7. The molecule has 0 bridgehead atoms. The molecule has 0 N–H and O–H groups in total. The summed E-state index contributed by atoms with van der Waals surface area (Å²) >= 11 is -2.15. The van der Waals surface area contributed by atoms with Crippen molar-refractivity contribution < 1.29 is 3.08 Å². The van der Waals surface area contributed by atoms with E-state index in [1.54, 1.807) is 0 Å². The predicted octanol–water partition coefficient (Wildman–Crippen LogP) is 5.10. The molecule has 1 fully saturated rings. The first-order chi connectivity index (χ1) is 7.84. The average Bonchev–Trinajstić information content (AvgIpc) is 2.34. The summed E-state index contributed by atoms with van der Waals surface area (Å²) in [5.41, 5.74) is 0. The fourth-order valence-electron chi connectivity index (χ4n) is 2.71. The zero-order valence-corrected chi connectivity index (χ0v) is 13.8. The van der Waals surface area contributed by atoms with Gasteiger partial charge in [0.1, 0.15) is 0 Å². The van der Waals surface area contributed by atoms with Crippen LogP contribution in [-0.2, 0) is 3.08 Å². The summed E-state index contributed by atoms with van der Waals surface area (Å²) in [5, 5.41) is 0. The van der Waals surface area contributed by atoms with Crippen LogP contribution >= 0.6 is 0 Å². The van der Waals surface area contributed by atoms with E-state index in [1.165, 1.54) is 70.6 Å². The van der Waals surface area contributed by atoms with E-state index in [2.05, 4.69) is 6.92 Å². The van der Waals surface area contributed by atoms with Crippen molar-refractivity contribution in [2.24, 2.45) is 0 Å². The molecule has 0 aliphatic heterocycles. The molecule has 0 radical (unpaired) electrons. The van der Waals surface area contributed by atoms with E-state index in [1.807, 2.05) is 0 Å². The van der Waals surface area contributed by atoms with E-state index in [9.17, 15) is 3.08 Å². The molecule has 1 saturated carbocycles. The van der Waals surface area contributed by atoms with E-state index in [0.29, 0.717) is 3.93 Å². The molecule has 0 aromatic carbocycles. The second kappa shape index (κ2) is 9.61. The Balaban J connectivity index is 1.97. The van der Waals surface area contributed by atoms with Gasteiger partial charge in [0.25, 0.3) is 0 Å². The molecule has 16 heavy (non-hydrogen) atoms. The first-order valence-corrected chi connectivity index (χ1v) is 12.2. The van der Waals surface area contributed by atoms with Crippen LogP contribution in [0.1, 0.15) is 77.6 Å². The number of rotatable bonds is 8. The summed E-state index contributed by atoms with van der Waals surface area (Å²) in [6.07, 6.45) is 14.8. The van der Waals surface area contributed by atoms with Crippen molar-refractivity contribution in [2.75, 3.05) is 0 Å². The maximum absolute atomic E-state index is 12.2. The van der Waals surface area contributed by atoms with Crippen molar-refractivity contribution in [3.8, 4) is 0 Å². The Labute approximate surface area is 109 Å². The summed E-state index contributed by atoms with van der Waals surface area (Å²) < 4.78 is 14.0. The SMILES string of the molecule is CCCCCCC[CH2][Sn](=[O])[CH]1CCCCC1. The molecule has 0 spiro atoms. The van der Waals surface area contributed by atoms with E-state index in [4.69, 9.17) is 0 Å². The fourth-order valence-corrected chi connectivity index (χ4v) is 8.58. The third kappa shape index (κ3) is 6.36. The number of hydrogen-bond acceptors (Lipinski definition) is 1. The third-order valence-corrected chi connectivity index (χ3v) is 10.5. The molecule has 0 amide bonds. The average molecular weight is 331 g/mol. The summed E-state index contributed by atoms with van der Waals surface area (Å²) in [5.74, 6) is 0. The molecule has 1 nitrogen and oxygen atoms in total. The first-order valence-electron chi connectivity index (χ1n) is 7.37. The third-order valence-electron chi connectivity index (χ3n) is 3.84. The summed E-state index contributed by atoms with van der Waals surface area (Å²) in [6, 6.07) is 0. The van der Waals surface area contributed by atoms with Gasteiger partial charge in [-0.1, -0.05) is 0 Å². The van der Waals surface area contributed by atoms with Crippen LogP contribution in [0.5, 0.6) is 0 Å². The van der Waals surface area contributed by atoms with E-state index in [0.717, 1.165) is 4.44 Å². The molecular weight excluding hydrogens is 303 g/mol. The molecule has 0 heterocycles. The van der Waals surface area contributed by atoms with Crippen LogP contribution in [0, 0.1) is 0 Å². The Morgan fingerprint density at radius 3 is 2.25 bits per heavy atom. The molecule has 1 aliphatic carbocycles. The van der Waals surface area contributed by atoms with Gasteiger partial charge in [-0.25, -0.2) is 0 Å². The molecule has 94 valence electrons. The summed E-state index contributed by atoms with van der Waals surface area (Å²) in [7, 11) is 0. The Hall–Kier alpha value is 0.599. The molecule has 1 rings (SSSR count). The van der Waals surface area contributed by atoms with Gasteiger partial charge in [0.05, 0.1) is 0 Å². The van der Waals surface area contributed by atoms with Crippen LogP contribution in [0.4, 0.5) is 0 Å². The van der Waals surface area contributed by atoms with Crippen molar-refractivity contribution in [1.29, 1.82) is 0 Å². The standard InChI is InChI=1S/C8H17.C6H11.O.Sn/c1-3-5-7-8-6-4-2;1-2-4-6-5-3-1;;/h1,3-8H2,2H3;1H,2-6H2;;. The van der Waals surface area contributed by atoms with Gasteiger partial charge in [-0.15, -0.1) is 0 Å². The molecule has 0 unspecified atom stereocenters. The zero-order chi connectivity index (χ0) is 11.6. The molecule has 2 heteroatoms. The van der Waals surface area contributed by atoms with Crippen molar-refractivity contribution in [3.05, 3.63) is 0 Å². The molecule has 0 saturated heterocycles. The van der Waals surface area contributed by atoms with Gasteiger partial charge < -0.3 is 0 Å². The van der Waals surface area contributed by atoms with Crippen LogP contribution in [0.2, 0.25) is 8.37 Å². The van der Waals surface area contributed by atoms with Gasteiger partial charge in [-0.05, 0) is 0 Å². The fraction of sp³-hybridized carbons (Fsp3) is 1.00.